The SMILES string of the molecule is Cc1ccc(S(=O)(=O)Nc2ccc(C(=O)NC3CCN(C)CC3)cc2)cc1[N+](=O)[O-]. The summed E-state index contributed by atoms with van der Waals surface area (Å²) in [6.07, 6.45) is 1.78. The van der Waals surface area contributed by atoms with Gasteiger partial charge in [0.05, 0.1) is 9.82 Å². The van der Waals surface area contributed by atoms with Gasteiger partial charge in [-0.2, -0.15) is 0 Å². The normalized spacial score (nSPS) is 15.5. The zero-order valence-electron chi connectivity index (χ0n) is 16.8. The zero-order chi connectivity index (χ0) is 21.9. The highest BCUT2D eigenvalue weighted by Crippen LogP contribution is 2.24. The predicted octanol–water partition coefficient (Wildman–Crippen LogP) is 2.53. The molecule has 0 aliphatic carbocycles. The number of rotatable bonds is 6. The monoisotopic (exact) mass is 432 g/mol. The minimum absolute atomic E-state index is 0.129. The van der Waals surface area contributed by atoms with E-state index in [9.17, 15) is 23.3 Å². The number of anilines is 1. The van der Waals surface area contributed by atoms with Gasteiger partial charge in [0.15, 0.2) is 0 Å². The van der Waals surface area contributed by atoms with Crippen molar-refractivity contribution >= 4 is 27.3 Å². The number of aryl methyl sites for hydroxylation is 1. The van der Waals surface area contributed by atoms with E-state index in [0.717, 1.165) is 32.0 Å². The smallest absolute Gasteiger partial charge is 0.273 e. The maximum absolute atomic E-state index is 12.6. The molecule has 1 amide bonds. The summed E-state index contributed by atoms with van der Waals surface area (Å²) in [6, 6.07) is 9.93. The number of amides is 1. The molecule has 9 nitrogen and oxygen atoms in total. The number of hydrogen-bond acceptors (Lipinski definition) is 6. The van der Waals surface area contributed by atoms with Crippen LogP contribution >= 0.6 is 0 Å². The Hall–Kier alpha value is -2.98. The van der Waals surface area contributed by atoms with Crippen molar-refractivity contribution in [1.82, 2.24) is 10.2 Å². The first-order valence-electron chi connectivity index (χ1n) is 9.53. The van der Waals surface area contributed by atoms with Crippen LogP contribution in [0.3, 0.4) is 0 Å². The van der Waals surface area contributed by atoms with Crippen LogP contribution < -0.4 is 10.0 Å². The lowest BCUT2D eigenvalue weighted by Gasteiger charge is -2.29. The topological polar surface area (TPSA) is 122 Å². The van der Waals surface area contributed by atoms with Crippen molar-refractivity contribution in [2.75, 3.05) is 24.9 Å². The van der Waals surface area contributed by atoms with Crippen molar-refractivity contribution in [3.63, 3.8) is 0 Å². The molecule has 0 aromatic heterocycles. The first kappa shape index (κ1) is 21.7. The second-order valence-electron chi connectivity index (χ2n) is 7.44. The Kier molecular flexibility index (Phi) is 6.37. The molecule has 2 aromatic rings. The quantitative estimate of drug-likeness (QED) is 0.534. The van der Waals surface area contributed by atoms with Crippen molar-refractivity contribution in [1.29, 1.82) is 0 Å². The average molecular weight is 433 g/mol. The van der Waals surface area contributed by atoms with Crippen LogP contribution in [0.5, 0.6) is 0 Å². The number of carbonyl (C=O) groups is 1. The third kappa shape index (κ3) is 5.14. The van der Waals surface area contributed by atoms with E-state index in [1.165, 1.54) is 31.2 Å². The van der Waals surface area contributed by atoms with Gasteiger partial charge in [0.2, 0.25) is 0 Å². The molecule has 1 fully saturated rings. The Morgan fingerprint density at radius 1 is 1.13 bits per heavy atom. The molecule has 1 heterocycles. The third-order valence-electron chi connectivity index (χ3n) is 5.14. The molecule has 10 heteroatoms. The molecule has 0 spiro atoms. The summed E-state index contributed by atoms with van der Waals surface area (Å²) in [5.74, 6) is -0.201. The van der Waals surface area contributed by atoms with Gasteiger partial charge in [-0.3, -0.25) is 19.6 Å². The van der Waals surface area contributed by atoms with Crippen LogP contribution in [0.2, 0.25) is 0 Å². The fraction of sp³-hybridized carbons (Fsp3) is 0.350. The molecule has 2 aromatic carbocycles. The average Bonchev–Trinajstić information content (AvgIpc) is 2.70. The highest BCUT2D eigenvalue weighted by Gasteiger charge is 2.21. The van der Waals surface area contributed by atoms with Gasteiger partial charge in [-0.1, -0.05) is 6.07 Å². The summed E-state index contributed by atoms with van der Waals surface area (Å²) in [5, 5.41) is 14.1. The van der Waals surface area contributed by atoms with Crippen molar-refractivity contribution in [3.8, 4) is 0 Å². The lowest BCUT2D eigenvalue weighted by molar-refractivity contribution is -0.385. The molecular formula is C20H24N4O5S. The third-order valence-corrected chi connectivity index (χ3v) is 6.52. The maximum atomic E-state index is 12.6. The van der Waals surface area contributed by atoms with Crippen molar-refractivity contribution in [2.45, 2.75) is 30.7 Å². The van der Waals surface area contributed by atoms with E-state index < -0.39 is 14.9 Å². The number of nitro benzene ring substituents is 1. The van der Waals surface area contributed by atoms with Crippen LogP contribution in [0.4, 0.5) is 11.4 Å². The van der Waals surface area contributed by atoms with E-state index in [0.29, 0.717) is 11.1 Å². The van der Waals surface area contributed by atoms with Crippen LogP contribution in [0.25, 0.3) is 0 Å². The molecule has 1 aliphatic rings. The molecule has 3 rings (SSSR count). The number of benzene rings is 2. The molecule has 0 unspecified atom stereocenters. The van der Waals surface area contributed by atoms with Crippen LogP contribution in [-0.2, 0) is 10.0 Å². The summed E-state index contributed by atoms with van der Waals surface area (Å²) in [5.41, 5.74) is 0.801. The molecule has 2 N–H and O–H groups in total. The van der Waals surface area contributed by atoms with E-state index in [4.69, 9.17) is 0 Å². The second-order valence-corrected chi connectivity index (χ2v) is 9.12. The van der Waals surface area contributed by atoms with Gasteiger partial charge < -0.3 is 10.2 Å². The highest BCUT2D eigenvalue weighted by molar-refractivity contribution is 7.92. The lowest BCUT2D eigenvalue weighted by Crippen LogP contribution is -2.43. The maximum Gasteiger partial charge on any atom is 0.273 e. The summed E-state index contributed by atoms with van der Waals surface area (Å²) in [7, 11) is -1.96. The molecule has 0 radical (unpaired) electrons. The van der Waals surface area contributed by atoms with Gasteiger partial charge >= 0.3 is 0 Å². The van der Waals surface area contributed by atoms with Gasteiger partial charge in [0, 0.05) is 28.9 Å². The number of sulfonamides is 1. The van der Waals surface area contributed by atoms with Crippen LogP contribution in [0.15, 0.2) is 47.4 Å². The largest absolute Gasteiger partial charge is 0.349 e. The zero-order valence-corrected chi connectivity index (χ0v) is 17.6. The molecule has 0 saturated carbocycles. The molecular weight excluding hydrogens is 408 g/mol. The highest BCUT2D eigenvalue weighted by atomic mass is 32.2. The number of nitrogens with one attached hydrogen (secondary N) is 2. The van der Waals surface area contributed by atoms with Crippen molar-refractivity contribution < 1.29 is 18.1 Å². The van der Waals surface area contributed by atoms with Gasteiger partial charge in [0.25, 0.3) is 21.6 Å². The van der Waals surface area contributed by atoms with Crippen molar-refractivity contribution in [2.24, 2.45) is 0 Å². The predicted molar refractivity (Wildman–Crippen MR) is 113 cm³/mol. The summed E-state index contributed by atoms with van der Waals surface area (Å²) >= 11 is 0. The summed E-state index contributed by atoms with van der Waals surface area (Å²) in [6.45, 7) is 3.41. The first-order chi connectivity index (χ1) is 14.2. The second kappa shape index (κ2) is 8.80. The lowest BCUT2D eigenvalue weighted by atomic mass is 10.0. The molecule has 0 atom stereocenters. The van der Waals surface area contributed by atoms with E-state index >= 15 is 0 Å². The van der Waals surface area contributed by atoms with Crippen LogP contribution in [0.1, 0.15) is 28.8 Å². The Morgan fingerprint density at radius 2 is 1.77 bits per heavy atom. The minimum atomic E-state index is -4.01. The van der Waals surface area contributed by atoms with Gasteiger partial charge in [-0.25, -0.2) is 8.42 Å². The molecule has 1 saturated heterocycles. The van der Waals surface area contributed by atoms with E-state index in [2.05, 4.69) is 14.9 Å². The van der Waals surface area contributed by atoms with Gasteiger partial charge in [-0.15, -0.1) is 0 Å². The van der Waals surface area contributed by atoms with Gasteiger partial charge in [-0.05, 0) is 70.2 Å². The number of hydrogen-bond donors (Lipinski definition) is 2. The van der Waals surface area contributed by atoms with Crippen LogP contribution in [0, 0.1) is 17.0 Å². The number of likely N-dealkylation sites (tertiary alicyclic amines) is 1. The molecule has 30 heavy (non-hydrogen) atoms. The number of nitro groups is 1. The number of carbonyl (C=O) groups excluding carboxylic acids is 1. The van der Waals surface area contributed by atoms with Crippen LogP contribution in [-0.4, -0.2) is 50.3 Å². The Morgan fingerprint density at radius 3 is 2.37 bits per heavy atom. The van der Waals surface area contributed by atoms with E-state index in [1.807, 2.05) is 7.05 Å². The Labute approximate surface area is 175 Å². The van der Waals surface area contributed by atoms with E-state index in [1.54, 1.807) is 12.1 Å². The van der Waals surface area contributed by atoms with Gasteiger partial charge in [0.1, 0.15) is 0 Å². The standard InChI is InChI=1S/C20H24N4O5S/c1-14-3-8-18(13-19(14)24(26)27)30(28,29)22-17-6-4-15(5-7-17)20(25)21-16-9-11-23(2)12-10-16/h3-8,13,16,22H,9-12H2,1-2H3,(H,21,25). The number of nitrogens with zero attached hydrogens (tertiary/aromatic N) is 2. The fourth-order valence-corrected chi connectivity index (χ4v) is 4.36. The fourth-order valence-electron chi connectivity index (χ4n) is 3.28. The molecule has 0 bridgehead atoms. The summed E-state index contributed by atoms with van der Waals surface area (Å²) < 4.78 is 27.5. The van der Waals surface area contributed by atoms with Crippen molar-refractivity contribution in [3.05, 3.63) is 63.7 Å². The Bertz CT molecular complexity index is 1050. The Balaban J connectivity index is 1.68. The number of piperidine rings is 1. The summed E-state index contributed by atoms with van der Waals surface area (Å²) in [4.78, 5) is 24.9. The molecule has 1 aliphatic heterocycles. The van der Waals surface area contributed by atoms with E-state index in [-0.39, 0.29) is 28.2 Å². The first-order valence-corrected chi connectivity index (χ1v) is 11.0. The molecule has 160 valence electrons. The minimum Gasteiger partial charge on any atom is -0.349 e.